The average molecular weight is 178 g/mol. The highest BCUT2D eigenvalue weighted by Crippen LogP contribution is 2.43. The summed E-state index contributed by atoms with van der Waals surface area (Å²) >= 11 is 0. The predicted octanol–water partition coefficient (Wildman–Crippen LogP) is 2.31. The Hall–Kier alpha value is -0.550. The van der Waals surface area contributed by atoms with Gasteiger partial charge in [0.15, 0.2) is 0 Å². The molecular formula is C11H18N2. The van der Waals surface area contributed by atoms with Crippen molar-refractivity contribution in [2.24, 2.45) is 0 Å². The fraction of sp³-hybridized carbons (Fsp3) is 0.909. The second kappa shape index (κ2) is 3.31. The van der Waals surface area contributed by atoms with Crippen LogP contribution >= 0.6 is 0 Å². The standard InChI is InChI=1S/C11H18N2/c1-2-8-13-10-4-3-6-11(13,9-12)7-5-10/h10H,2-8H2,1H3. The lowest BCUT2D eigenvalue weighted by Crippen LogP contribution is -2.49. The van der Waals surface area contributed by atoms with Crippen LogP contribution in [0.2, 0.25) is 0 Å². The lowest BCUT2D eigenvalue weighted by Gasteiger charge is -2.40. The molecule has 72 valence electrons. The highest BCUT2D eigenvalue weighted by molar-refractivity contribution is 5.16. The van der Waals surface area contributed by atoms with Crippen molar-refractivity contribution in [3.63, 3.8) is 0 Å². The van der Waals surface area contributed by atoms with Gasteiger partial charge in [0.2, 0.25) is 0 Å². The first-order chi connectivity index (χ1) is 6.32. The van der Waals surface area contributed by atoms with Gasteiger partial charge in [-0.1, -0.05) is 6.92 Å². The maximum Gasteiger partial charge on any atom is 0.109 e. The molecule has 2 atom stereocenters. The summed E-state index contributed by atoms with van der Waals surface area (Å²) in [6, 6.07) is 3.30. The Morgan fingerprint density at radius 3 is 3.00 bits per heavy atom. The van der Waals surface area contributed by atoms with E-state index in [4.69, 9.17) is 0 Å². The smallest absolute Gasteiger partial charge is 0.109 e. The summed E-state index contributed by atoms with van der Waals surface area (Å²) in [6.45, 7) is 3.33. The van der Waals surface area contributed by atoms with Crippen molar-refractivity contribution >= 4 is 0 Å². The summed E-state index contributed by atoms with van der Waals surface area (Å²) in [7, 11) is 0. The van der Waals surface area contributed by atoms with Crippen molar-refractivity contribution in [3.05, 3.63) is 0 Å². The third kappa shape index (κ3) is 1.26. The van der Waals surface area contributed by atoms with Crippen LogP contribution in [0, 0.1) is 11.3 Å². The Morgan fingerprint density at radius 2 is 2.31 bits per heavy atom. The molecule has 2 saturated heterocycles. The van der Waals surface area contributed by atoms with Gasteiger partial charge in [-0.15, -0.1) is 0 Å². The molecule has 2 nitrogen and oxygen atoms in total. The first-order valence-electron chi connectivity index (χ1n) is 5.50. The van der Waals surface area contributed by atoms with E-state index in [1.165, 1.54) is 25.7 Å². The first kappa shape index (κ1) is 9.02. The number of nitriles is 1. The molecule has 2 unspecified atom stereocenters. The van der Waals surface area contributed by atoms with E-state index in [0.717, 1.165) is 25.4 Å². The maximum atomic E-state index is 9.27. The number of fused-ring (bicyclic) bond motifs is 2. The largest absolute Gasteiger partial charge is 0.283 e. The Morgan fingerprint density at radius 1 is 1.46 bits per heavy atom. The van der Waals surface area contributed by atoms with Crippen LogP contribution in [0.3, 0.4) is 0 Å². The molecule has 0 radical (unpaired) electrons. The van der Waals surface area contributed by atoms with Crippen LogP contribution in [0.25, 0.3) is 0 Å². The van der Waals surface area contributed by atoms with Crippen LogP contribution in [-0.2, 0) is 0 Å². The van der Waals surface area contributed by atoms with Crippen molar-refractivity contribution < 1.29 is 0 Å². The summed E-state index contributed by atoms with van der Waals surface area (Å²) < 4.78 is 0. The van der Waals surface area contributed by atoms with Crippen molar-refractivity contribution in [1.82, 2.24) is 4.90 Å². The second-order valence-corrected chi connectivity index (χ2v) is 4.42. The summed E-state index contributed by atoms with van der Waals surface area (Å²) in [5, 5.41) is 9.27. The van der Waals surface area contributed by atoms with Gasteiger partial charge in [-0.25, -0.2) is 0 Å². The fourth-order valence-corrected chi connectivity index (χ4v) is 3.07. The predicted molar refractivity (Wildman–Crippen MR) is 52.2 cm³/mol. The lowest BCUT2D eigenvalue weighted by atomic mass is 9.89. The van der Waals surface area contributed by atoms with Crippen molar-refractivity contribution in [2.45, 2.75) is 57.0 Å². The van der Waals surface area contributed by atoms with E-state index in [0.29, 0.717) is 0 Å². The summed E-state index contributed by atoms with van der Waals surface area (Å²) in [5.41, 5.74) is -0.0566. The molecule has 0 saturated carbocycles. The summed E-state index contributed by atoms with van der Waals surface area (Å²) in [4.78, 5) is 2.48. The molecule has 2 aliphatic heterocycles. The van der Waals surface area contributed by atoms with Gasteiger partial charge in [0.05, 0.1) is 6.07 Å². The number of hydrogen-bond acceptors (Lipinski definition) is 2. The topological polar surface area (TPSA) is 27.0 Å². The van der Waals surface area contributed by atoms with Crippen molar-refractivity contribution in [2.75, 3.05) is 6.54 Å². The number of rotatable bonds is 2. The van der Waals surface area contributed by atoms with Crippen molar-refractivity contribution in [1.29, 1.82) is 5.26 Å². The zero-order chi connectivity index (χ0) is 9.31. The molecule has 0 aromatic carbocycles. The molecule has 0 aromatic rings. The quantitative estimate of drug-likeness (QED) is 0.648. The highest BCUT2D eigenvalue weighted by Gasteiger charge is 2.48. The van der Waals surface area contributed by atoms with Crippen LogP contribution in [0.1, 0.15) is 45.4 Å². The Labute approximate surface area is 80.5 Å². The number of piperidine rings is 1. The molecule has 0 N–H and O–H groups in total. The molecule has 0 amide bonds. The first-order valence-corrected chi connectivity index (χ1v) is 5.50. The van der Waals surface area contributed by atoms with Gasteiger partial charge in [-0.3, -0.25) is 4.90 Å². The Balaban J connectivity index is 2.19. The molecule has 2 rings (SSSR count). The minimum absolute atomic E-state index is 0.0566. The van der Waals surface area contributed by atoms with Crippen LogP contribution in [0.5, 0.6) is 0 Å². The molecule has 2 fully saturated rings. The number of hydrogen-bond donors (Lipinski definition) is 0. The van der Waals surface area contributed by atoms with Crippen LogP contribution < -0.4 is 0 Å². The normalized spacial score (nSPS) is 38.9. The maximum absolute atomic E-state index is 9.27. The fourth-order valence-electron chi connectivity index (χ4n) is 3.07. The van der Waals surface area contributed by atoms with E-state index >= 15 is 0 Å². The molecule has 2 heteroatoms. The Kier molecular flexibility index (Phi) is 2.29. The minimum atomic E-state index is -0.0566. The highest BCUT2D eigenvalue weighted by atomic mass is 15.3. The molecule has 2 aliphatic rings. The second-order valence-electron chi connectivity index (χ2n) is 4.42. The van der Waals surface area contributed by atoms with E-state index in [1.54, 1.807) is 0 Å². The summed E-state index contributed by atoms with van der Waals surface area (Å²) in [6.07, 6.45) is 7.25. The van der Waals surface area contributed by atoms with E-state index in [9.17, 15) is 5.26 Å². The van der Waals surface area contributed by atoms with Crippen LogP contribution in [-0.4, -0.2) is 23.0 Å². The molecule has 2 bridgehead atoms. The zero-order valence-electron chi connectivity index (χ0n) is 8.42. The van der Waals surface area contributed by atoms with E-state index in [2.05, 4.69) is 17.9 Å². The van der Waals surface area contributed by atoms with Gasteiger partial charge in [0, 0.05) is 6.04 Å². The molecule has 0 aliphatic carbocycles. The molecule has 0 spiro atoms. The van der Waals surface area contributed by atoms with Gasteiger partial charge in [-0.2, -0.15) is 5.26 Å². The van der Waals surface area contributed by atoms with Crippen LogP contribution in [0.4, 0.5) is 0 Å². The van der Waals surface area contributed by atoms with E-state index in [1.807, 2.05) is 0 Å². The minimum Gasteiger partial charge on any atom is -0.283 e. The monoisotopic (exact) mass is 178 g/mol. The van der Waals surface area contributed by atoms with Gasteiger partial charge in [0.25, 0.3) is 0 Å². The molecular weight excluding hydrogens is 160 g/mol. The van der Waals surface area contributed by atoms with Crippen molar-refractivity contribution in [3.8, 4) is 6.07 Å². The summed E-state index contributed by atoms with van der Waals surface area (Å²) in [5.74, 6) is 0. The van der Waals surface area contributed by atoms with E-state index < -0.39 is 0 Å². The van der Waals surface area contributed by atoms with Gasteiger partial charge >= 0.3 is 0 Å². The zero-order valence-corrected chi connectivity index (χ0v) is 8.42. The van der Waals surface area contributed by atoms with Gasteiger partial charge in [0.1, 0.15) is 5.54 Å². The number of nitrogens with zero attached hydrogens (tertiary/aromatic N) is 2. The molecule has 13 heavy (non-hydrogen) atoms. The lowest BCUT2D eigenvalue weighted by molar-refractivity contribution is 0.0941. The SMILES string of the molecule is CCCN1C2CCCC1(C#N)CC2. The van der Waals surface area contributed by atoms with Gasteiger partial charge < -0.3 is 0 Å². The van der Waals surface area contributed by atoms with Crippen LogP contribution in [0.15, 0.2) is 0 Å². The molecule has 0 aromatic heterocycles. The average Bonchev–Trinajstić information content (AvgIpc) is 2.37. The van der Waals surface area contributed by atoms with E-state index in [-0.39, 0.29) is 5.54 Å². The molecule has 2 heterocycles. The third-order valence-electron chi connectivity index (χ3n) is 3.68. The van der Waals surface area contributed by atoms with Gasteiger partial charge in [-0.05, 0) is 45.1 Å². The third-order valence-corrected chi connectivity index (χ3v) is 3.68. The Bertz CT molecular complexity index is 227.